The third-order valence-corrected chi connectivity index (χ3v) is 4.04. The van der Waals surface area contributed by atoms with Gasteiger partial charge in [0, 0.05) is 25.0 Å². The Morgan fingerprint density at radius 1 is 1.42 bits per heavy atom. The normalized spacial score (nSPS) is 22.9. The van der Waals surface area contributed by atoms with Gasteiger partial charge in [0.1, 0.15) is 0 Å². The molecule has 0 spiro atoms. The third kappa shape index (κ3) is 3.69. The van der Waals surface area contributed by atoms with Crippen LogP contribution in [0.4, 0.5) is 0 Å². The molecule has 0 aromatic carbocycles. The van der Waals surface area contributed by atoms with E-state index in [2.05, 4.69) is 48.8 Å². The zero-order valence-electron chi connectivity index (χ0n) is 12.3. The number of pyridine rings is 1. The molecule has 1 heterocycles. The summed E-state index contributed by atoms with van der Waals surface area (Å²) in [7, 11) is 2.17. The molecule has 2 atom stereocenters. The van der Waals surface area contributed by atoms with Gasteiger partial charge in [0.2, 0.25) is 0 Å². The van der Waals surface area contributed by atoms with Crippen LogP contribution in [0.2, 0.25) is 0 Å². The van der Waals surface area contributed by atoms with Gasteiger partial charge in [0.25, 0.3) is 0 Å². The molecule has 2 heteroatoms. The highest BCUT2D eigenvalue weighted by Gasteiger charge is 2.22. The summed E-state index contributed by atoms with van der Waals surface area (Å²) < 4.78 is 0. The fraction of sp³-hybridized carbons (Fsp3) is 0.471. The zero-order valence-corrected chi connectivity index (χ0v) is 12.3. The maximum Gasteiger partial charge on any atom is 0.0373 e. The first kappa shape index (κ1) is 13.9. The number of hydrogen-bond donors (Lipinski definition) is 0. The van der Waals surface area contributed by atoms with Crippen LogP contribution in [0, 0.1) is 12.8 Å². The minimum absolute atomic E-state index is 0.690. The molecule has 1 aliphatic rings. The van der Waals surface area contributed by atoms with Gasteiger partial charge in [-0.25, -0.2) is 0 Å². The van der Waals surface area contributed by atoms with Crippen LogP contribution in [0.3, 0.4) is 0 Å². The van der Waals surface area contributed by atoms with Gasteiger partial charge >= 0.3 is 0 Å². The van der Waals surface area contributed by atoms with Crippen molar-refractivity contribution in [2.45, 2.75) is 39.2 Å². The van der Waals surface area contributed by atoms with E-state index in [4.69, 9.17) is 0 Å². The molecule has 2 nitrogen and oxygen atoms in total. The molecule has 1 aromatic heterocycles. The minimum atomic E-state index is 0.690. The van der Waals surface area contributed by atoms with Crippen molar-refractivity contribution >= 4 is 5.57 Å². The maximum atomic E-state index is 4.31. The monoisotopic (exact) mass is 256 g/mol. The van der Waals surface area contributed by atoms with E-state index in [1.54, 1.807) is 0 Å². The largest absolute Gasteiger partial charge is 0.377 e. The summed E-state index contributed by atoms with van der Waals surface area (Å²) in [4.78, 5) is 6.64. The van der Waals surface area contributed by atoms with Crippen molar-refractivity contribution in [3.63, 3.8) is 0 Å². The highest BCUT2D eigenvalue weighted by atomic mass is 15.1. The maximum absolute atomic E-state index is 4.31. The standard InChI is InChI=1S/C17H24N2/c1-13-5-8-17(11-13)19(4)10-9-14(2)16-7-6-15(3)18-12-16/h6-7,9-10,12-13,17H,2,5,8,11H2,1,3-4H3/b10-9-. The Hall–Kier alpha value is -1.57. The molecule has 0 aliphatic heterocycles. The van der Waals surface area contributed by atoms with Crippen LogP contribution in [0.15, 0.2) is 37.2 Å². The third-order valence-electron chi connectivity index (χ3n) is 4.04. The molecular formula is C17H24N2. The second-order valence-electron chi connectivity index (χ2n) is 5.77. The molecule has 1 aliphatic carbocycles. The van der Waals surface area contributed by atoms with Gasteiger partial charge in [0.15, 0.2) is 0 Å². The number of allylic oxidation sites excluding steroid dienone is 2. The highest BCUT2D eigenvalue weighted by molar-refractivity contribution is 5.71. The summed E-state index contributed by atoms with van der Waals surface area (Å²) in [5.74, 6) is 0.866. The van der Waals surface area contributed by atoms with Gasteiger partial charge in [-0.15, -0.1) is 0 Å². The van der Waals surface area contributed by atoms with Crippen LogP contribution in [0.5, 0.6) is 0 Å². The average molecular weight is 256 g/mol. The first-order chi connectivity index (χ1) is 9.06. The fourth-order valence-corrected chi connectivity index (χ4v) is 2.63. The zero-order chi connectivity index (χ0) is 13.8. The lowest BCUT2D eigenvalue weighted by Crippen LogP contribution is -2.23. The molecule has 1 fully saturated rings. The minimum Gasteiger partial charge on any atom is -0.377 e. The molecule has 0 radical (unpaired) electrons. The average Bonchev–Trinajstić information content (AvgIpc) is 2.83. The van der Waals surface area contributed by atoms with E-state index in [0.717, 1.165) is 22.7 Å². The lowest BCUT2D eigenvalue weighted by molar-refractivity contribution is 0.328. The van der Waals surface area contributed by atoms with Crippen LogP contribution in [0.1, 0.15) is 37.4 Å². The molecule has 19 heavy (non-hydrogen) atoms. The van der Waals surface area contributed by atoms with Crippen molar-refractivity contribution in [1.29, 1.82) is 0 Å². The van der Waals surface area contributed by atoms with E-state index in [1.807, 2.05) is 19.2 Å². The predicted molar refractivity (Wildman–Crippen MR) is 81.7 cm³/mol. The Balaban J connectivity index is 1.94. The first-order valence-electron chi connectivity index (χ1n) is 7.08. The Bertz CT molecular complexity index is 459. The van der Waals surface area contributed by atoms with E-state index in [1.165, 1.54) is 19.3 Å². The molecule has 0 amide bonds. The van der Waals surface area contributed by atoms with Crippen LogP contribution >= 0.6 is 0 Å². The Kier molecular flexibility index (Phi) is 4.41. The summed E-state index contributed by atoms with van der Waals surface area (Å²) in [6.45, 7) is 8.45. The van der Waals surface area contributed by atoms with Crippen molar-refractivity contribution in [3.05, 3.63) is 48.4 Å². The quantitative estimate of drug-likeness (QED) is 0.756. The van der Waals surface area contributed by atoms with Crippen LogP contribution < -0.4 is 0 Å². The number of hydrogen-bond acceptors (Lipinski definition) is 2. The smallest absolute Gasteiger partial charge is 0.0373 e. The van der Waals surface area contributed by atoms with Gasteiger partial charge in [-0.3, -0.25) is 4.98 Å². The Labute approximate surface area is 116 Å². The van der Waals surface area contributed by atoms with E-state index in [9.17, 15) is 0 Å². The second kappa shape index (κ2) is 6.05. The molecule has 0 N–H and O–H groups in total. The molecule has 0 bridgehead atoms. The van der Waals surface area contributed by atoms with Crippen molar-refractivity contribution in [1.82, 2.24) is 9.88 Å². The van der Waals surface area contributed by atoms with Gasteiger partial charge in [-0.1, -0.05) is 19.6 Å². The molecule has 102 valence electrons. The van der Waals surface area contributed by atoms with Crippen LogP contribution in [0.25, 0.3) is 5.57 Å². The molecular weight excluding hydrogens is 232 g/mol. The Morgan fingerprint density at radius 2 is 2.21 bits per heavy atom. The number of nitrogens with zero attached hydrogens (tertiary/aromatic N) is 2. The Morgan fingerprint density at radius 3 is 2.79 bits per heavy atom. The summed E-state index contributed by atoms with van der Waals surface area (Å²) in [5, 5.41) is 0. The van der Waals surface area contributed by atoms with Crippen molar-refractivity contribution in [2.75, 3.05) is 7.05 Å². The van der Waals surface area contributed by atoms with E-state index >= 15 is 0 Å². The SMILES string of the molecule is C=C(/C=C\N(C)C1CCC(C)C1)c1ccc(C)nc1. The van der Waals surface area contributed by atoms with Crippen molar-refractivity contribution in [3.8, 4) is 0 Å². The summed E-state index contributed by atoms with van der Waals surface area (Å²) in [5.41, 5.74) is 3.15. The van der Waals surface area contributed by atoms with Crippen LogP contribution in [-0.4, -0.2) is 23.0 Å². The van der Waals surface area contributed by atoms with Gasteiger partial charge < -0.3 is 4.90 Å². The number of rotatable bonds is 4. The molecule has 2 unspecified atom stereocenters. The van der Waals surface area contributed by atoms with Crippen molar-refractivity contribution < 1.29 is 0 Å². The predicted octanol–water partition coefficient (Wildman–Crippen LogP) is 4.04. The highest BCUT2D eigenvalue weighted by Crippen LogP contribution is 2.28. The van der Waals surface area contributed by atoms with Crippen LogP contribution in [-0.2, 0) is 0 Å². The lowest BCUT2D eigenvalue weighted by Gasteiger charge is -2.22. The van der Waals surface area contributed by atoms with Gasteiger partial charge in [-0.2, -0.15) is 0 Å². The molecule has 2 rings (SSSR count). The molecule has 1 aromatic rings. The summed E-state index contributed by atoms with van der Waals surface area (Å²) >= 11 is 0. The van der Waals surface area contributed by atoms with Gasteiger partial charge in [-0.05, 0) is 61.6 Å². The van der Waals surface area contributed by atoms with Crippen molar-refractivity contribution in [2.24, 2.45) is 5.92 Å². The van der Waals surface area contributed by atoms with E-state index < -0.39 is 0 Å². The number of aryl methyl sites for hydroxylation is 1. The van der Waals surface area contributed by atoms with E-state index in [-0.39, 0.29) is 0 Å². The fourth-order valence-electron chi connectivity index (χ4n) is 2.63. The molecule has 0 saturated heterocycles. The van der Waals surface area contributed by atoms with Gasteiger partial charge in [0.05, 0.1) is 0 Å². The number of aromatic nitrogens is 1. The first-order valence-corrected chi connectivity index (χ1v) is 7.08. The lowest BCUT2D eigenvalue weighted by atomic mass is 10.1. The summed E-state index contributed by atoms with van der Waals surface area (Å²) in [6.07, 6.45) is 10.1. The summed E-state index contributed by atoms with van der Waals surface area (Å²) in [6, 6.07) is 4.79. The topological polar surface area (TPSA) is 16.1 Å². The van der Waals surface area contributed by atoms with E-state index in [0.29, 0.717) is 6.04 Å². The second-order valence-corrected chi connectivity index (χ2v) is 5.77. The molecule has 1 saturated carbocycles.